The number of carbonyl (C=O) groups is 2. The summed E-state index contributed by atoms with van der Waals surface area (Å²) in [7, 11) is 0. The third-order valence-electron chi connectivity index (χ3n) is 3.60. The third kappa shape index (κ3) is 3.22. The number of nitrogens with zero attached hydrogens (tertiary/aromatic N) is 1. The first-order valence-corrected chi connectivity index (χ1v) is 6.78. The minimum Gasteiger partial charge on any atom is -0.381 e. The lowest BCUT2D eigenvalue weighted by molar-refractivity contribution is -0.148. The average Bonchev–Trinajstić information content (AvgIpc) is 3.14. The van der Waals surface area contributed by atoms with E-state index < -0.39 is 6.04 Å². The molecule has 0 aromatic heterocycles. The Hall–Kier alpha value is -1.10. The van der Waals surface area contributed by atoms with Gasteiger partial charge in [-0.3, -0.25) is 9.59 Å². The average molecular weight is 254 g/mol. The van der Waals surface area contributed by atoms with Crippen LogP contribution in [0.2, 0.25) is 0 Å². The molecule has 2 amide bonds. The molecule has 5 nitrogen and oxygen atoms in total. The SMILES string of the molecule is CC1NC(=O)C(C)N(CCCOCC2CC2)C1=O. The van der Waals surface area contributed by atoms with E-state index in [4.69, 9.17) is 4.74 Å². The molecule has 2 atom stereocenters. The summed E-state index contributed by atoms with van der Waals surface area (Å²) in [5.41, 5.74) is 0. The molecule has 2 rings (SSSR count). The molecule has 0 radical (unpaired) electrons. The molecule has 1 N–H and O–H groups in total. The molecule has 1 aliphatic carbocycles. The molecule has 0 spiro atoms. The van der Waals surface area contributed by atoms with E-state index in [0.29, 0.717) is 13.2 Å². The Balaban J connectivity index is 1.71. The van der Waals surface area contributed by atoms with Crippen molar-refractivity contribution in [1.82, 2.24) is 10.2 Å². The molecule has 0 bridgehead atoms. The van der Waals surface area contributed by atoms with E-state index >= 15 is 0 Å². The summed E-state index contributed by atoms with van der Waals surface area (Å²) in [5.74, 6) is 0.705. The highest BCUT2D eigenvalue weighted by Gasteiger charge is 2.35. The van der Waals surface area contributed by atoms with Crippen molar-refractivity contribution in [1.29, 1.82) is 0 Å². The lowest BCUT2D eigenvalue weighted by atomic mass is 10.1. The van der Waals surface area contributed by atoms with Crippen LogP contribution < -0.4 is 5.32 Å². The molecule has 102 valence electrons. The standard InChI is InChI=1S/C13H22N2O3/c1-9-13(17)15(10(2)12(16)14-9)6-3-7-18-8-11-4-5-11/h9-11H,3-8H2,1-2H3,(H,14,16). The van der Waals surface area contributed by atoms with Crippen LogP contribution in [0.4, 0.5) is 0 Å². The minimum absolute atomic E-state index is 0.00397. The Morgan fingerprint density at radius 1 is 1.33 bits per heavy atom. The van der Waals surface area contributed by atoms with Crippen LogP contribution >= 0.6 is 0 Å². The molecule has 0 aromatic carbocycles. The van der Waals surface area contributed by atoms with Gasteiger partial charge >= 0.3 is 0 Å². The number of hydrogen-bond acceptors (Lipinski definition) is 3. The molecule has 1 saturated heterocycles. The number of ether oxygens (including phenoxy) is 1. The van der Waals surface area contributed by atoms with Crippen molar-refractivity contribution in [2.24, 2.45) is 5.92 Å². The van der Waals surface area contributed by atoms with Gasteiger partial charge in [-0.05, 0) is 39.0 Å². The molecule has 5 heteroatoms. The maximum atomic E-state index is 11.9. The molecule has 2 fully saturated rings. The van der Waals surface area contributed by atoms with Crippen molar-refractivity contribution in [2.75, 3.05) is 19.8 Å². The number of nitrogens with one attached hydrogen (secondary N) is 1. The number of rotatable bonds is 6. The van der Waals surface area contributed by atoms with Crippen molar-refractivity contribution in [3.05, 3.63) is 0 Å². The van der Waals surface area contributed by atoms with Gasteiger partial charge in [0.05, 0.1) is 0 Å². The predicted octanol–water partition coefficient (Wildman–Crippen LogP) is 0.538. The first kappa shape index (κ1) is 13.3. The largest absolute Gasteiger partial charge is 0.381 e. The molecule has 1 aliphatic heterocycles. The van der Waals surface area contributed by atoms with Crippen LogP contribution in [0.15, 0.2) is 0 Å². The zero-order valence-electron chi connectivity index (χ0n) is 11.1. The maximum Gasteiger partial charge on any atom is 0.245 e. The van der Waals surface area contributed by atoms with Gasteiger partial charge < -0.3 is 15.0 Å². The normalized spacial score (nSPS) is 28.4. The smallest absolute Gasteiger partial charge is 0.245 e. The van der Waals surface area contributed by atoms with E-state index in [-0.39, 0.29) is 17.9 Å². The first-order chi connectivity index (χ1) is 8.59. The van der Waals surface area contributed by atoms with Gasteiger partial charge in [-0.1, -0.05) is 0 Å². The highest BCUT2D eigenvalue weighted by atomic mass is 16.5. The number of piperazine rings is 1. The monoisotopic (exact) mass is 254 g/mol. The molecule has 0 aromatic rings. The summed E-state index contributed by atoms with van der Waals surface area (Å²) in [6.45, 7) is 5.61. The first-order valence-electron chi connectivity index (χ1n) is 6.78. The number of hydrogen-bond donors (Lipinski definition) is 1. The Labute approximate surface area is 108 Å². The Morgan fingerprint density at radius 3 is 2.72 bits per heavy atom. The second-order valence-corrected chi connectivity index (χ2v) is 5.31. The van der Waals surface area contributed by atoms with Crippen LogP contribution in [-0.4, -0.2) is 48.6 Å². The van der Waals surface area contributed by atoms with E-state index in [1.165, 1.54) is 12.8 Å². The molecule has 1 heterocycles. The van der Waals surface area contributed by atoms with Gasteiger partial charge in [-0.15, -0.1) is 0 Å². The van der Waals surface area contributed by atoms with E-state index in [2.05, 4.69) is 5.32 Å². The highest BCUT2D eigenvalue weighted by molar-refractivity contribution is 5.96. The van der Waals surface area contributed by atoms with Crippen LogP contribution in [-0.2, 0) is 14.3 Å². The maximum absolute atomic E-state index is 11.9. The van der Waals surface area contributed by atoms with Crippen molar-refractivity contribution < 1.29 is 14.3 Å². The molecular weight excluding hydrogens is 232 g/mol. The summed E-state index contributed by atoms with van der Waals surface area (Å²) in [6.07, 6.45) is 3.38. The van der Waals surface area contributed by atoms with E-state index in [0.717, 1.165) is 18.9 Å². The summed E-state index contributed by atoms with van der Waals surface area (Å²) in [4.78, 5) is 25.2. The van der Waals surface area contributed by atoms with Crippen molar-refractivity contribution in [3.8, 4) is 0 Å². The van der Waals surface area contributed by atoms with E-state index in [1.54, 1.807) is 18.7 Å². The van der Waals surface area contributed by atoms with Crippen LogP contribution in [0.3, 0.4) is 0 Å². The minimum atomic E-state index is -0.402. The van der Waals surface area contributed by atoms with Gasteiger partial charge in [0.2, 0.25) is 11.8 Å². The second kappa shape index (κ2) is 5.69. The van der Waals surface area contributed by atoms with Crippen molar-refractivity contribution in [2.45, 2.75) is 45.2 Å². The van der Waals surface area contributed by atoms with Crippen LogP contribution in [0.5, 0.6) is 0 Å². The van der Waals surface area contributed by atoms with Gasteiger partial charge in [0, 0.05) is 19.8 Å². The molecule has 2 aliphatic rings. The quantitative estimate of drug-likeness (QED) is 0.704. The van der Waals surface area contributed by atoms with Gasteiger partial charge in [0.25, 0.3) is 0 Å². The fourth-order valence-corrected chi connectivity index (χ4v) is 2.15. The summed E-state index contributed by atoms with van der Waals surface area (Å²) >= 11 is 0. The molecule has 1 saturated carbocycles. The Morgan fingerprint density at radius 2 is 2.06 bits per heavy atom. The molecule has 18 heavy (non-hydrogen) atoms. The fourth-order valence-electron chi connectivity index (χ4n) is 2.15. The van der Waals surface area contributed by atoms with Gasteiger partial charge in [-0.25, -0.2) is 0 Å². The highest BCUT2D eigenvalue weighted by Crippen LogP contribution is 2.28. The summed E-state index contributed by atoms with van der Waals surface area (Å²) in [6, 6.07) is -0.766. The topological polar surface area (TPSA) is 58.6 Å². The Bertz CT molecular complexity index is 328. The van der Waals surface area contributed by atoms with Gasteiger partial charge in [0.15, 0.2) is 0 Å². The van der Waals surface area contributed by atoms with Crippen molar-refractivity contribution in [3.63, 3.8) is 0 Å². The van der Waals surface area contributed by atoms with Crippen LogP contribution in [0.1, 0.15) is 33.1 Å². The van der Waals surface area contributed by atoms with Gasteiger partial charge in [-0.2, -0.15) is 0 Å². The zero-order chi connectivity index (χ0) is 13.1. The summed E-state index contributed by atoms with van der Waals surface area (Å²) in [5, 5.41) is 2.67. The predicted molar refractivity (Wildman–Crippen MR) is 66.9 cm³/mol. The Kier molecular flexibility index (Phi) is 4.22. The van der Waals surface area contributed by atoms with E-state index in [9.17, 15) is 9.59 Å². The molecular formula is C13H22N2O3. The lowest BCUT2D eigenvalue weighted by Crippen LogP contribution is -2.61. The summed E-state index contributed by atoms with van der Waals surface area (Å²) < 4.78 is 5.53. The fraction of sp³-hybridized carbons (Fsp3) is 0.846. The van der Waals surface area contributed by atoms with Crippen LogP contribution in [0.25, 0.3) is 0 Å². The number of amides is 2. The second-order valence-electron chi connectivity index (χ2n) is 5.31. The number of carbonyl (C=O) groups excluding carboxylic acids is 2. The molecule has 2 unspecified atom stereocenters. The van der Waals surface area contributed by atoms with Crippen molar-refractivity contribution >= 4 is 11.8 Å². The third-order valence-corrected chi connectivity index (χ3v) is 3.60. The van der Waals surface area contributed by atoms with E-state index in [1.807, 2.05) is 0 Å². The van der Waals surface area contributed by atoms with Crippen LogP contribution in [0, 0.1) is 5.92 Å². The van der Waals surface area contributed by atoms with Gasteiger partial charge in [0.1, 0.15) is 12.1 Å². The zero-order valence-corrected chi connectivity index (χ0v) is 11.1. The lowest BCUT2D eigenvalue weighted by Gasteiger charge is -2.36.